The molecule has 0 aliphatic heterocycles. The molecule has 0 spiro atoms. The molecular formula is C13H14FNO2. The average Bonchev–Trinajstić information content (AvgIpc) is 2.83. The molecule has 1 aromatic carbocycles. The summed E-state index contributed by atoms with van der Waals surface area (Å²) in [5, 5.41) is 11.1. The lowest BCUT2D eigenvalue weighted by atomic mass is 9.98. The summed E-state index contributed by atoms with van der Waals surface area (Å²) in [5.41, 5.74) is 5.41. The van der Waals surface area contributed by atoms with E-state index in [4.69, 9.17) is 10.2 Å². The lowest BCUT2D eigenvalue weighted by Gasteiger charge is -2.18. The highest BCUT2D eigenvalue weighted by Crippen LogP contribution is 2.40. The molecule has 1 heterocycles. The van der Waals surface area contributed by atoms with Gasteiger partial charge in [-0.05, 0) is 43.5 Å². The van der Waals surface area contributed by atoms with E-state index in [9.17, 15) is 9.50 Å². The quantitative estimate of drug-likeness (QED) is 0.797. The first-order chi connectivity index (χ1) is 8.07. The first-order valence-corrected chi connectivity index (χ1v) is 5.74. The Morgan fingerprint density at radius 1 is 1.41 bits per heavy atom. The van der Waals surface area contributed by atoms with Crippen LogP contribution >= 0.6 is 0 Å². The maximum atomic E-state index is 13.1. The van der Waals surface area contributed by atoms with Crippen molar-refractivity contribution in [3.63, 3.8) is 0 Å². The van der Waals surface area contributed by atoms with E-state index in [1.807, 2.05) is 0 Å². The van der Waals surface area contributed by atoms with E-state index in [0.717, 1.165) is 6.42 Å². The van der Waals surface area contributed by atoms with Crippen LogP contribution in [-0.4, -0.2) is 11.1 Å². The summed E-state index contributed by atoms with van der Waals surface area (Å²) in [7, 11) is 0. The second-order valence-corrected chi connectivity index (χ2v) is 4.83. The number of nitrogens with two attached hydrogens (primary N) is 1. The Labute approximate surface area is 98.0 Å². The predicted octanol–water partition coefficient (Wildman–Crippen LogP) is 2.27. The molecule has 2 unspecified atom stereocenters. The van der Waals surface area contributed by atoms with Crippen molar-refractivity contribution in [2.24, 2.45) is 5.73 Å². The maximum Gasteiger partial charge on any atom is 0.136 e. The predicted molar refractivity (Wildman–Crippen MR) is 61.9 cm³/mol. The lowest BCUT2D eigenvalue weighted by molar-refractivity contribution is 0.0222. The molecule has 90 valence electrons. The molecule has 2 aromatic rings. The second kappa shape index (κ2) is 3.55. The van der Waals surface area contributed by atoms with Gasteiger partial charge in [0, 0.05) is 11.4 Å². The molecule has 1 aliphatic carbocycles. The molecule has 0 bridgehead atoms. The van der Waals surface area contributed by atoms with Crippen LogP contribution in [0.3, 0.4) is 0 Å². The van der Waals surface area contributed by atoms with Gasteiger partial charge >= 0.3 is 0 Å². The first kappa shape index (κ1) is 10.7. The minimum Gasteiger partial charge on any atom is -0.458 e. The van der Waals surface area contributed by atoms with Crippen LogP contribution in [0, 0.1) is 5.82 Å². The Hall–Kier alpha value is -1.39. The van der Waals surface area contributed by atoms with Gasteiger partial charge < -0.3 is 15.3 Å². The number of aliphatic hydroxyl groups is 1. The fraction of sp³-hybridized carbons (Fsp3) is 0.385. The molecule has 2 atom stereocenters. The summed E-state index contributed by atoms with van der Waals surface area (Å²) in [5.74, 6) is 0.186. The lowest BCUT2D eigenvalue weighted by Crippen LogP contribution is -2.24. The third kappa shape index (κ3) is 1.73. The number of hydrogen-bond acceptors (Lipinski definition) is 3. The van der Waals surface area contributed by atoms with Crippen LogP contribution in [0.5, 0.6) is 0 Å². The van der Waals surface area contributed by atoms with Crippen molar-refractivity contribution in [2.45, 2.75) is 30.9 Å². The van der Waals surface area contributed by atoms with Crippen LogP contribution in [0.2, 0.25) is 0 Å². The van der Waals surface area contributed by atoms with Crippen molar-refractivity contribution in [3.8, 4) is 0 Å². The van der Waals surface area contributed by atoms with Gasteiger partial charge in [-0.15, -0.1) is 0 Å². The van der Waals surface area contributed by atoms with Crippen molar-refractivity contribution in [2.75, 3.05) is 0 Å². The SMILES string of the molecule is NC1CCC(O)(c2cc3cc(F)ccc3o2)C1. The molecular weight excluding hydrogens is 221 g/mol. The number of benzene rings is 1. The Bertz CT molecular complexity index is 566. The smallest absolute Gasteiger partial charge is 0.136 e. The molecule has 1 fully saturated rings. The number of fused-ring (bicyclic) bond motifs is 1. The fourth-order valence-corrected chi connectivity index (χ4v) is 2.53. The van der Waals surface area contributed by atoms with E-state index >= 15 is 0 Å². The molecule has 3 rings (SSSR count). The van der Waals surface area contributed by atoms with Gasteiger partial charge in [-0.3, -0.25) is 0 Å². The largest absolute Gasteiger partial charge is 0.458 e. The van der Waals surface area contributed by atoms with E-state index in [2.05, 4.69) is 0 Å². The summed E-state index contributed by atoms with van der Waals surface area (Å²) in [6, 6.07) is 6.04. The zero-order chi connectivity index (χ0) is 12.0. The standard InChI is InChI=1S/C13H14FNO2/c14-9-1-2-11-8(5-9)6-12(17-11)13(16)4-3-10(15)7-13/h1-2,5-6,10,16H,3-4,7,15H2. The Morgan fingerprint density at radius 3 is 2.94 bits per heavy atom. The number of hydrogen-bond donors (Lipinski definition) is 2. The van der Waals surface area contributed by atoms with Crippen molar-refractivity contribution in [1.29, 1.82) is 0 Å². The Balaban J connectivity index is 2.06. The third-order valence-electron chi connectivity index (χ3n) is 3.47. The highest BCUT2D eigenvalue weighted by Gasteiger charge is 2.40. The molecule has 0 saturated heterocycles. The van der Waals surface area contributed by atoms with E-state index < -0.39 is 5.60 Å². The average molecular weight is 235 g/mol. The van der Waals surface area contributed by atoms with Crippen LogP contribution in [0.4, 0.5) is 4.39 Å². The minimum absolute atomic E-state index is 0.00458. The minimum atomic E-state index is -0.991. The molecule has 1 aliphatic rings. The molecule has 1 saturated carbocycles. The van der Waals surface area contributed by atoms with Gasteiger partial charge in [0.25, 0.3) is 0 Å². The molecule has 3 nitrogen and oxygen atoms in total. The van der Waals surface area contributed by atoms with Gasteiger partial charge in [0.15, 0.2) is 0 Å². The Kier molecular flexibility index (Phi) is 2.24. The van der Waals surface area contributed by atoms with Crippen molar-refractivity contribution in [1.82, 2.24) is 0 Å². The van der Waals surface area contributed by atoms with Gasteiger partial charge in [-0.1, -0.05) is 0 Å². The molecule has 1 aromatic heterocycles. The van der Waals surface area contributed by atoms with Gasteiger partial charge in [0.05, 0.1) is 0 Å². The second-order valence-electron chi connectivity index (χ2n) is 4.83. The van der Waals surface area contributed by atoms with Gasteiger partial charge in [-0.25, -0.2) is 4.39 Å². The summed E-state index contributed by atoms with van der Waals surface area (Å²) in [6.45, 7) is 0. The van der Waals surface area contributed by atoms with E-state index in [-0.39, 0.29) is 11.9 Å². The van der Waals surface area contributed by atoms with E-state index in [0.29, 0.717) is 29.6 Å². The van der Waals surface area contributed by atoms with Gasteiger partial charge in [0.1, 0.15) is 22.8 Å². The molecule has 0 radical (unpaired) electrons. The van der Waals surface area contributed by atoms with Crippen LogP contribution in [0.25, 0.3) is 11.0 Å². The zero-order valence-electron chi connectivity index (χ0n) is 9.32. The number of halogens is 1. The van der Waals surface area contributed by atoms with Gasteiger partial charge in [-0.2, -0.15) is 0 Å². The van der Waals surface area contributed by atoms with Crippen LogP contribution in [-0.2, 0) is 5.60 Å². The third-order valence-corrected chi connectivity index (χ3v) is 3.47. The summed E-state index contributed by atoms with van der Waals surface area (Å²) in [4.78, 5) is 0. The van der Waals surface area contributed by atoms with Crippen molar-refractivity contribution in [3.05, 3.63) is 35.8 Å². The number of furan rings is 1. The molecule has 17 heavy (non-hydrogen) atoms. The highest BCUT2D eigenvalue weighted by molar-refractivity contribution is 5.78. The normalized spacial score (nSPS) is 29.0. The van der Waals surface area contributed by atoms with Gasteiger partial charge in [0.2, 0.25) is 0 Å². The first-order valence-electron chi connectivity index (χ1n) is 5.74. The van der Waals surface area contributed by atoms with Crippen molar-refractivity contribution >= 4 is 11.0 Å². The molecule has 4 heteroatoms. The molecule has 0 amide bonds. The van der Waals surface area contributed by atoms with Crippen LogP contribution < -0.4 is 5.73 Å². The Morgan fingerprint density at radius 2 is 2.24 bits per heavy atom. The molecule has 3 N–H and O–H groups in total. The van der Waals surface area contributed by atoms with Crippen molar-refractivity contribution < 1.29 is 13.9 Å². The summed E-state index contributed by atoms with van der Waals surface area (Å²) in [6.07, 6.45) is 1.87. The zero-order valence-corrected chi connectivity index (χ0v) is 9.32. The number of rotatable bonds is 1. The highest BCUT2D eigenvalue weighted by atomic mass is 19.1. The summed E-state index contributed by atoms with van der Waals surface area (Å²) >= 11 is 0. The monoisotopic (exact) mass is 235 g/mol. The summed E-state index contributed by atoms with van der Waals surface area (Å²) < 4.78 is 18.6. The van der Waals surface area contributed by atoms with E-state index in [1.165, 1.54) is 12.1 Å². The van der Waals surface area contributed by atoms with E-state index in [1.54, 1.807) is 12.1 Å². The fourth-order valence-electron chi connectivity index (χ4n) is 2.53. The van der Waals surface area contributed by atoms with Crippen LogP contribution in [0.15, 0.2) is 28.7 Å². The van der Waals surface area contributed by atoms with Crippen LogP contribution in [0.1, 0.15) is 25.0 Å². The maximum absolute atomic E-state index is 13.1. The topological polar surface area (TPSA) is 59.4 Å².